The fraction of sp³-hybridized carbons (Fsp3) is 0.625. The molecule has 0 aromatic carbocycles. The third-order valence-corrected chi connectivity index (χ3v) is 2.14. The quantitative estimate of drug-likeness (QED) is 0.362. The van der Waals surface area contributed by atoms with Crippen LogP contribution in [0.4, 0.5) is 4.79 Å². The Morgan fingerprint density at radius 3 is 2.93 bits per heavy atom. The van der Waals surface area contributed by atoms with Gasteiger partial charge in [0.1, 0.15) is 0 Å². The zero-order valence-electron chi connectivity index (χ0n) is 8.19. The lowest BCUT2D eigenvalue weighted by Crippen LogP contribution is -2.45. The highest BCUT2D eigenvalue weighted by atomic mass is 16.2. The Kier molecular flexibility index (Phi) is 4.12. The minimum atomic E-state index is -0.744. The fourth-order valence-electron chi connectivity index (χ4n) is 1.48. The standard InChI is InChI=1S/C8H11BN4O2/c1-10-6-3-2-4-13(6)7(14)5-11-12-8(9)15/h6,11H,2-5H2,(H,12,15). The number of nitrogens with zero attached hydrogens (tertiary/aromatic N) is 2. The fourth-order valence-corrected chi connectivity index (χ4v) is 1.48. The largest absolute Gasteiger partial charge is 0.301 e. The molecule has 2 radical (unpaired) electrons. The van der Waals surface area contributed by atoms with Crippen molar-refractivity contribution in [3.63, 3.8) is 0 Å². The van der Waals surface area contributed by atoms with Crippen LogP contribution in [0.3, 0.4) is 0 Å². The van der Waals surface area contributed by atoms with Crippen molar-refractivity contribution in [3.8, 4) is 0 Å². The van der Waals surface area contributed by atoms with Crippen LogP contribution < -0.4 is 10.9 Å². The topological polar surface area (TPSA) is 65.8 Å². The Morgan fingerprint density at radius 1 is 1.60 bits per heavy atom. The lowest BCUT2D eigenvalue weighted by Gasteiger charge is -2.16. The summed E-state index contributed by atoms with van der Waals surface area (Å²) >= 11 is 0. The molecule has 0 aliphatic carbocycles. The van der Waals surface area contributed by atoms with Crippen LogP contribution in [0.2, 0.25) is 0 Å². The van der Waals surface area contributed by atoms with Gasteiger partial charge < -0.3 is 5.43 Å². The van der Waals surface area contributed by atoms with Crippen molar-refractivity contribution in [2.24, 2.45) is 0 Å². The molecule has 1 heterocycles. The zero-order chi connectivity index (χ0) is 11.3. The first-order chi connectivity index (χ1) is 7.15. The molecular weight excluding hydrogens is 195 g/mol. The van der Waals surface area contributed by atoms with E-state index in [1.54, 1.807) is 0 Å². The second kappa shape index (κ2) is 5.36. The molecule has 6 nitrogen and oxygen atoms in total. The summed E-state index contributed by atoms with van der Waals surface area (Å²) in [6.45, 7) is 7.44. The molecular formula is C8H11BN4O2. The maximum atomic E-state index is 11.5. The zero-order valence-corrected chi connectivity index (χ0v) is 8.19. The summed E-state index contributed by atoms with van der Waals surface area (Å²) in [6.07, 6.45) is 1.22. The van der Waals surface area contributed by atoms with Gasteiger partial charge in [-0.05, 0) is 6.42 Å². The minimum Gasteiger partial charge on any atom is -0.301 e. The van der Waals surface area contributed by atoms with E-state index in [1.807, 2.05) is 0 Å². The van der Waals surface area contributed by atoms with Crippen LogP contribution in [0.25, 0.3) is 4.85 Å². The van der Waals surface area contributed by atoms with Gasteiger partial charge in [-0.15, -0.1) is 0 Å². The van der Waals surface area contributed by atoms with Crippen molar-refractivity contribution in [2.45, 2.75) is 19.0 Å². The lowest BCUT2D eigenvalue weighted by atomic mass is 10.1. The highest BCUT2D eigenvalue weighted by Crippen LogP contribution is 2.17. The van der Waals surface area contributed by atoms with Crippen LogP contribution in [0.1, 0.15) is 12.8 Å². The molecule has 1 atom stereocenters. The van der Waals surface area contributed by atoms with E-state index in [0.717, 1.165) is 12.8 Å². The number of rotatable bonds is 3. The van der Waals surface area contributed by atoms with E-state index in [2.05, 4.69) is 15.7 Å². The van der Waals surface area contributed by atoms with Crippen LogP contribution in [-0.4, -0.2) is 43.7 Å². The second-order valence-corrected chi connectivity index (χ2v) is 3.18. The Bertz CT molecular complexity index is 302. The molecule has 0 aromatic heterocycles. The van der Waals surface area contributed by atoms with E-state index in [0.29, 0.717) is 6.54 Å². The lowest BCUT2D eigenvalue weighted by molar-refractivity contribution is -0.130. The van der Waals surface area contributed by atoms with Gasteiger partial charge in [0.25, 0.3) is 0 Å². The predicted molar refractivity (Wildman–Crippen MR) is 53.6 cm³/mol. The molecule has 0 spiro atoms. The molecule has 15 heavy (non-hydrogen) atoms. The van der Waals surface area contributed by atoms with Gasteiger partial charge in [0.2, 0.25) is 13.8 Å². The summed E-state index contributed by atoms with van der Waals surface area (Å²) in [7, 11) is 4.80. The van der Waals surface area contributed by atoms with Gasteiger partial charge in [0, 0.05) is 13.0 Å². The smallest absolute Gasteiger partial charge is 0.300 e. The summed E-state index contributed by atoms with van der Waals surface area (Å²) in [4.78, 5) is 26.7. The molecule has 0 aromatic rings. The van der Waals surface area contributed by atoms with E-state index in [1.165, 1.54) is 4.90 Å². The highest BCUT2D eigenvalue weighted by molar-refractivity contribution is 6.56. The molecule has 0 saturated carbocycles. The number of hydrogen-bond acceptors (Lipinski definition) is 3. The average molecular weight is 206 g/mol. The van der Waals surface area contributed by atoms with Gasteiger partial charge in [-0.2, -0.15) is 0 Å². The SMILES string of the molecule is [B]C(=O)NNCC(=O)N1CCCC1[N+]#[C-]. The molecule has 1 fully saturated rings. The Hall–Kier alpha value is -1.55. The van der Waals surface area contributed by atoms with Crippen LogP contribution in [0, 0.1) is 6.57 Å². The molecule has 1 unspecified atom stereocenters. The first-order valence-electron chi connectivity index (χ1n) is 4.59. The molecule has 7 heteroatoms. The first-order valence-corrected chi connectivity index (χ1v) is 4.59. The number of nitrogens with one attached hydrogen (secondary N) is 2. The summed E-state index contributed by atoms with van der Waals surface area (Å²) in [5, 5.41) is 0. The van der Waals surface area contributed by atoms with Crippen molar-refractivity contribution in [2.75, 3.05) is 13.1 Å². The van der Waals surface area contributed by atoms with Crippen LogP contribution in [0.5, 0.6) is 0 Å². The van der Waals surface area contributed by atoms with Crippen molar-refractivity contribution < 1.29 is 9.59 Å². The van der Waals surface area contributed by atoms with Gasteiger partial charge in [-0.1, -0.05) is 0 Å². The minimum absolute atomic E-state index is 0.0467. The van der Waals surface area contributed by atoms with Crippen LogP contribution in [-0.2, 0) is 4.79 Å². The normalized spacial score (nSPS) is 19.7. The summed E-state index contributed by atoms with van der Waals surface area (Å²) in [6, 6.07) is 0. The Labute approximate surface area is 89.2 Å². The van der Waals surface area contributed by atoms with Crippen molar-refractivity contribution in [3.05, 3.63) is 11.4 Å². The van der Waals surface area contributed by atoms with Crippen molar-refractivity contribution >= 4 is 19.6 Å². The van der Waals surface area contributed by atoms with Gasteiger partial charge in [0.15, 0.2) is 5.81 Å². The summed E-state index contributed by atoms with van der Waals surface area (Å²) in [5.74, 6) is -0.951. The van der Waals surface area contributed by atoms with E-state index in [-0.39, 0.29) is 18.6 Å². The first kappa shape index (κ1) is 11.5. The van der Waals surface area contributed by atoms with Gasteiger partial charge in [0.05, 0.1) is 6.54 Å². The molecule has 78 valence electrons. The number of carbonyl (C=O) groups is 2. The Balaban J connectivity index is 2.34. The Morgan fingerprint density at radius 2 is 2.33 bits per heavy atom. The van der Waals surface area contributed by atoms with Crippen molar-refractivity contribution in [1.29, 1.82) is 0 Å². The molecule has 2 amide bonds. The van der Waals surface area contributed by atoms with E-state index < -0.39 is 5.81 Å². The number of likely N-dealkylation sites (tertiary alicyclic amines) is 1. The number of amides is 2. The molecule has 1 aliphatic rings. The van der Waals surface area contributed by atoms with E-state index >= 15 is 0 Å². The maximum Gasteiger partial charge on any atom is 0.300 e. The average Bonchev–Trinajstić information content (AvgIpc) is 2.64. The molecule has 0 bridgehead atoms. The summed E-state index contributed by atoms with van der Waals surface area (Å²) < 4.78 is 0. The maximum absolute atomic E-state index is 11.5. The van der Waals surface area contributed by atoms with Gasteiger partial charge in [-0.25, -0.2) is 12.0 Å². The highest BCUT2D eigenvalue weighted by Gasteiger charge is 2.32. The van der Waals surface area contributed by atoms with Crippen molar-refractivity contribution in [1.82, 2.24) is 15.8 Å². The molecule has 1 aliphatic heterocycles. The third kappa shape index (κ3) is 3.25. The van der Waals surface area contributed by atoms with Gasteiger partial charge in [-0.3, -0.25) is 19.3 Å². The van der Waals surface area contributed by atoms with Gasteiger partial charge >= 0.3 is 6.17 Å². The summed E-state index contributed by atoms with van der Waals surface area (Å²) in [5.41, 5.74) is 4.48. The predicted octanol–water partition coefficient (Wildman–Crippen LogP) is -0.763. The number of hydrogen-bond donors (Lipinski definition) is 2. The molecule has 1 rings (SSSR count). The van der Waals surface area contributed by atoms with Crippen LogP contribution in [0.15, 0.2) is 0 Å². The number of carbonyl (C=O) groups excluding carboxylic acids is 2. The molecule has 2 N–H and O–H groups in total. The van der Waals surface area contributed by atoms with Crippen LogP contribution >= 0.6 is 0 Å². The monoisotopic (exact) mass is 206 g/mol. The number of hydrazine groups is 1. The van der Waals surface area contributed by atoms with E-state index in [4.69, 9.17) is 14.4 Å². The third-order valence-electron chi connectivity index (χ3n) is 2.14. The van der Waals surface area contributed by atoms with E-state index in [9.17, 15) is 9.59 Å². The molecule has 1 saturated heterocycles. The second-order valence-electron chi connectivity index (χ2n) is 3.18.